The number of hydrogen-bond acceptors (Lipinski definition) is 7. The van der Waals surface area contributed by atoms with Gasteiger partial charge in [0.25, 0.3) is 0 Å². The number of carbonyl (C=O) groups is 3. The first-order chi connectivity index (χ1) is 12.1. The Kier molecular flexibility index (Phi) is 15.9. The summed E-state index contributed by atoms with van der Waals surface area (Å²) < 4.78 is 0. The summed E-state index contributed by atoms with van der Waals surface area (Å²) in [5.74, 6) is -2.62. The molecule has 12 heteroatoms. The van der Waals surface area contributed by atoms with Gasteiger partial charge in [-0.3, -0.25) is 19.8 Å². The van der Waals surface area contributed by atoms with E-state index in [4.69, 9.17) is 38.6 Å². The molecule has 13 N–H and O–H groups in total. The van der Waals surface area contributed by atoms with Crippen LogP contribution < -0.4 is 33.6 Å². The normalized spacial score (nSPS) is 12.1. The third kappa shape index (κ3) is 17.9. The molecule has 0 saturated carbocycles. The van der Waals surface area contributed by atoms with Crippen LogP contribution in [0.25, 0.3) is 0 Å². The van der Waals surface area contributed by atoms with E-state index < -0.39 is 29.9 Å². The van der Waals surface area contributed by atoms with E-state index in [2.05, 4.69) is 10.6 Å². The molecule has 0 spiro atoms. The van der Waals surface area contributed by atoms with Gasteiger partial charge in [-0.2, -0.15) is 0 Å². The van der Waals surface area contributed by atoms with Crippen LogP contribution >= 0.6 is 0 Å². The van der Waals surface area contributed by atoms with Crippen LogP contribution in [0.3, 0.4) is 0 Å². The molecule has 0 aliphatic heterocycles. The summed E-state index contributed by atoms with van der Waals surface area (Å²) in [4.78, 5) is 31.4. The SMILES string of the molecule is N=C(N)NCCC[C@H](N)C(=O)O.NCCCC[C@H](N)C(=O)NCC(=O)O. The highest BCUT2D eigenvalue weighted by Crippen LogP contribution is 1.97. The van der Waals surface area contributed by atoms with Gasteiger partial charge in [-0.25, -0.2) is 0 Å². The molecule has 152 valence electrons. The van der Waals surface area contributed by atoms with Crippen molar-refractivity contribution in [2.45, 2.75) is 44.2 Å². The number of unbranched alkanes of at least 4 members (excludes halogenated alkanes) is 1. The van der Waals surface area contributed by atoms with Gasteiger partial charge in [0.15, 0.2) is 5.96 Å². The molecule has 0 aromatic rings. The van der Waals surface area contributed by atoms with Crippen molar-refractivity contribution in [3.8, 4) is 0 Å². The zero-order valence-corrected chi connectivity index (χ0v) is 14.7. The number of aliphatic carboxylic acids is 2. The maximum absolute atomic E-state index is 11.1. The monoisotopic (exact) mass is 377 g/mol. The Balaban J connectivity index is 0. The fourth-order valence-corrected chi connectivity index (χ4v) is 1.60. The van der Waals surface area contributed by atoms with Crippen molar-refractivity contribution >= 4 is 23.8 Å². The highest BCUT2D eigenvalue weighted by atomic mass is 16.4. The first kappa shape index (κ1) is 25.8. The zero-order valence-electron chi connectivity index (χ0n) is 14.7. The van der Waals surface area contributed by atoms with Crippen molar-refractivity contribution in [1.29, 1.82) is 5.41 Å². The molecule has 0 aliphatic rings. The predicted molar refractivity (Wildman–Crippen MR) is 96.3 cm³/mol. The van der Waals surface area contributed by atoms with Crippen LogP contribution in [0.4, 0.5) is 0 Å². The Labute approximate surface area is 152 Å². The van der Waals surface area contributed by atoms with Crippen LogP contribution in [0.15, 0.2) is 0 Å². The lowest BCUT2D eigenvalue weighted by Gasteiger charge is -2.10. The van der Waals surface area contributed by atoms with Crippen LogP contribution in [0.2, 0.25) is 0 Å². The Bertz CT molecular complexity index is 447. The molecule has 2 atom stereocenters. The lowest BCUT2D eigenvalue weighted by atomic mass is 10.1. The number of nitrogens with one attached hydrogen (secondary N) is 3. The van der Waals surface area contributed by atoms with Gasteiger partial charge in [-0.1, -0.05) is 6.42 Å². The summed E-state index contributed by atoms with van der Waals surface area (Å²) in [6, 6.07) is -1.46. The van der Waals surface area contributed by atoms with Gasteiger partial charge in [0.1, 0.15) is 12.6 Å². The second kappa shape index (κ2) is 16.1. The van der Waals surface area contributed by atoms with E-state index in [9.17, 15) is 14.4 Å². The van der Waals surface area contributed by atoms with Gasteiger partial charge in [0.2, 0.25) is 5.91 Å². The summed E-state index contributed by atoms with van der Waals surface area (Å²) >= 11 is 0. The average Bonchev–Trinajstić information content (AvgIpc) is 2.56. The van der Waals surface area contributed by atoms with E-state index in [0.29, 0.717) is 32.4 Å². The van der Waals surface area contributed by atoms with Crippen molar-refractivity contribution in [2.24, 2.45) is 22.9 Å². The van der Waals surface area contributed by atoms with Crippen LogP contribution in [-0.2, 0) is 14.4 Å². The Morgan fingerprint density at radius 3 is 2.00 bits per heavy atom. The van der Waals surface area contributed by atoms with Crippen LogP contribution in [0, 0.1) is 5.41 Å². The molecule has 0 unspecified atom stereocenters. The second-order valence-electron chi connectivity index (χ2n) is 5.43. The molecule has 26 heavy (non-hydrogen) atoms. The number of carboxylic acids is 2. The van der Waals surface area contributed by atoms with Gasteiger partial charge in [0, 0.05) is 6.54 Å². The fourth-order valence-electron chi connectivity index (χ4n) is 1.60. The van der Waals surface area contributed by atoms with Gasteiger partial charge < -0.3 is 43.8 Å². The molecule has 0 bridgehead atoms. The van der Waals surface area contributed by atoms with Gasteiger partial charge in [-0.05, 0) is 32.2 Å². The molecule has 0 radical (unpaired) electrons. The summed E-state index contributed by atoms with van der Waals surface area (Å²) in [6.45, 7) is 0.670. The molecule has 0 saturated heterocycles. The lowest BCUT2D eigenvalue weighted by Crippen LogP contribution is -2.42. The van der Waals surface area contributed by atoms with E-state index in [-0.39, 0.29) is 12.5 Å². The molecule has 0 aromatic carbocycles. The number of guanidine groups is 1. The van der Waals surface area contributed by atoms with Gasteiger partial charge in [0.05, 0.1) is 6.04 Å². The molecule has 0 rings (SSSR count). The zero-order chi connectivity index (χ0) is 20.5. The summed E-state index contributed by atoms with van der Waals surface area (Å²) in [5, 5.41) is 28.2. The second-order valence-corrected chi connectivity index (χ2v) is 5.43. The molecule has 0 aromatic heterocycles. The standard InChI is InChI=1S/C8H17N3O3.C6H14N4O2/c9-4-2-1-3-6(10)8(14)11-5-7(12)13;7-4(5(11)12)2-1-3-10-6(8)9/h6H,1-5,9-10H2,(H,11,14)(H,12,13);4H,1-3,7H2,(H,11,12)(H4,8,9,10)/t6-;4-/m00/s1. The van der Waals surface area contributed by atoms with Crippen molar-refractivity contribution in [3.05, 3.63) is 0 Å². The van der Waals surface area contributed by atoms with E-state index in [1.54, 1.807) is 0 Å². The molecule has 1 amide bonds. The van der Waals surface area contributed by atoms with E-state index in [1.807, 2.05) is 0 Å². The smallest absolute Gasteiger partial charge is 0.322 e. The Morgan fingerprint density at radius 2 is 1.54 bits per heavy atom. The van der Waals surface area contributed by atoms with Crippen molar-refractivity contribution in [2.75, 3.05) is 19.6 Å². The Hall–Kier alpha value is -2.44. The maximum atomic E-state index is 11.1. The third-order valence-electron chi connectivity index (χ3n) is 3.04. The van der Waals surface area contributed by atoms with E-state index in [1.165, 1.54) is 0 Å². The summed E-state index contributed by atoms with van der Waals surface area (Å²) in [7, 11) is 0. The minimum Gasteiger partial charge on any atom is -0.480 e. The number of amides is 1. The minimum absolute atomic E-state index is 0.112. The molecular formula is C14H31N7O5. The van der Waals surface area contributed by atoms with Crippen LogP contribution in [0.1, 0.15) is 32.1 Å². The number of nitrogens with two attached hydrogens (primary N) is 4. The van der Waals surface area contributed by atoms with Crippen molar-refractivity contribution < 1.29 is 24.6 Å². The lowest BCUT2D eigenvalue weighted by molar-refractivity contribution is -0.139. The van der Waals surface area contributed by atoms with Gasteiger partial charge >= 0.3 is 11.9 Å². The fraction of sp³-hybridized carbons (Fsp3) is 0.714. The topological polar surface area (TPSA) is 244 Å². The largest absolute Gasteiger partial charge is 0.480 e. The highest BCUT2D eigenvalue weighted by Gasteiger charge is 2.13. The number of hydrogen-bond donors (Lipinski definition) is 9. The minimum atomic E-state index is -1.08. The molecule has 12 nitrogen and oxygen atoms in total. The van der Waals surface area contributed by atoms with E-state index in [0.717, 1.165) is 12.8 Å². The average molecular weight is 377 g/mol. The summed E-state index contributed by atoms with van der Waals surface area (Å²) in [6.07, 6.45) is 3.10. The van der Waals surface area contributed by atoms with E-state index >= 15 is 0 Å². The predicted octanol–water partition coefficient (Wildman–Crippen LogP) is -2.69. The number of carboxylic acid groups (broad SMARTS) is 2. The summed E-state index contributed by atoms with van der Waals surface area (Å²) in [5.41, 5.74) is 21.0. The molecule has 0 heterocycles. The third-order valence-corrected chi connectivity index (χ3v) is 3.04. The quantitative estimate of drug-likeness (QED) is 0.0967. The molecule has 0 fully saturated rings. The van der Waals surface area contributed by atoms with Gasteiger partial charge in [-0.15, -0.1) is 0 Å². The van der Waals surface area contributed by atoms with Crippen molar-refractivity contribution in [3.63, 3.8) is 0 Å². The molecule has 0 aliphatic carbocycles. The Morgan fingerprint density at radius 1 is 0.962 bits per heavy atom. The molecular weight excluding hydrogens is 346 g/mol. The first-order valence-electron chi connectivity index (χ1n) is 8.13. The number of carbonyl (C=O) groups excluding carboxylic acids is 1. The van der Waals surface area contributed by atoms with Crippen LogP contribution in [-0.4, -0.2) is 65.7 Å². The maximum Gasteiger partial charge on any atom is 0.322 e. The number of rotatable bonds is 12. The first-order valence-corrected chi connectivity index (χ1v) is 8.13. The van der Waals surface area contributed by atoms with Crippen LogP contribution in [0.5, 0.6) is 0 Å². The highest BCUT2D eigenvalue weighted by molar-refractivity contribution is 5.84. The van der Waals surface area contributed by atoms with Crippen molar-refractivity contribution in [1.82, 2.24) is 10.6 Å².